The second-order valence-electron chi connectivity index (χ2n) is 4.86. The fraction of sp³-hybridized carbons (Fsp3) is 0.0588. The Balaban J connectivity index is 1.86. The summed E-state index contributed by atoms with van der Waals surface area (Å²) in [6.45, 7) is 2.01. The molecule has 1 aliphatic rings. The molecule has 0 saturated carbocycles. The molecule has 1 amide bonds. The van der Waals surface area contributed by atoms with Gasteiger partial charge in [-0.05, 0) is 48.0 Å². The van der Waals surface area contributed by atoms with Gasteiger partial charge in [0.1, 0.15) is 5.75 Å². The molecule has 0 radical (unpaired) electrons. The minimum atomic E-state index is -0.160. The number of nitrogens with zero attached hydrogens (tertiary/aromatic N) is 1. The minimum absolute atomic E-state index is 0.145. The van der Waals surface area contributed by atoms with E-state index in [1.165, 1.54) is 11.8 Å². The van der Waals surface area contributed by atoms with Crippen LogP contribution in [0.15, 0.2) is 58.4 Å². The van der Waals surface area contributed by atoms with E-state index < -0.39 is 0 Å². The van der Waals surface area contributed by atoms with Crippen LogP contribution in [0.1, 0.15) is 11.1 Å². The monoisotopic (exact) mass is 310 g/mol. The first kappa shape index (κ1) is 14.4. The summed E-state index contributed by atoms with van der Waals surface area (Å²) in [7, 11) is 0. The zero-order valence-corrected chi connectivity index (χ0v) is 12.7. The van der Waals surface area contributed by atoms with Gasteiger partial charge in [0, 0.05) is 6.07 Å². The first-order valence-electron chi connectivity index (χ1n) is 6.76. The summed E-state index contributed by atoms with van der Waals surface area (Å²) < 4.78 is 0. The lowest BCUT2D eigenvalue weighted by molar-refractivity contribution is -0.115. The first-order valence-corrected chi connectivity index (χ1v) is 7.58. The number of hydrogen-bond acceptors (Lipinski definition) is 4. The Hall–Kier alpha value is -2.53. The number of aliphatic imine (C=N–C) groups is 1. The van der Waals surface area contributed by atoms with Crippen molar-refractivity contribution in [3.05, 3.63) is 64.6 Å². The highest BCUT2D eigenvalue weighted by Crippen LogP contribution is 2.29. The zero-order valence-electron chi connectivity index (χ0n) is 11.9. The van der Waals surface area contributed by atoms with Crippen LogP contribution in [0.25, 0.3) is 6.08 Å². The third-order valence-electron chi connectivity index (χ3n) is 3.19. The van der Waals surface area contributed by atoms with Gasteiger partial charge in [-0.25, -0.2) is 4.99 Å². The number of nitrogens with one attached hydrogen (secondary N) is 1. The molecule has 2 aromatic carbocycles. The van der Waals surface area contributed by atoms with Crippen LogP contribution >= 0.6 is 11.8 Å². The van der Waals surface area contributed by atoms with Gasteiger partial charge in [-0.2, -0.15) is 0 Å². The highest BCUT2D eigenvalue weighted by atomic mass is 32.2. The Morgan fingerprint density at radius 3 is 2.77 bits per heavy atom. The van der Waals surface area contributed by atoms with Crippen LogP contribution in [0.5, 0.6) is 5.75 Å². The standard InChI is InChI=1S/C17H14N2O2S/c1-11-5-2-3-6-12(11)9-15-16(21)19-17(22-15)18-13-7-4-8-14(20)10-13/h2-10,20H,1H3,(H,18,19,21)/b15-9-. The Labute approximate surface area is 132 Å². The van der Waals surface area contributed by atoms with Crippen LogP contribution in [-0.2, 0) is 4.79 Å². The van der Waals surface area contributed by atoms with Crippen molar-refractivity contribution in [1.82, 2.24) is 5.32 Å². The topological polar surface area (TPSA) is 61.7 Å². The van der Waals surface area contributed by atoms with Gasteiger partial charge >= 0.3 is 0 Å². The molecule has 22 heavy (non-hydrogen) atoms. The molecule has 0 spiro atoms. The molecule has 1 fully saturated rings. The number of carbonyl (C=O) groups excluding carboxylic acids is 1. The lowest BCUT2D eigenvalue weighted by Gasteiger charge is -1.99. The highest BCUT2D eigenvalue weighted by molar-refractivity contribution is 8.18. The number of phenolic OH excluding ortho intramolecular Hbond substituents is 1. The van der Waals surface area contributed by atoms with E-state index in [0.29, 0.717) is 15.8 Å². The third-order valence-corrected chi connectivity index (χ3v) is 4.10. The number of hydrogen-bond donors (Lipinski definition) is 2. The summed E-state index contributed by atoms with van der Waals surface area (Å²) in [6, 6.07) is 14.5. The van der Waals surface area contributed by atoms with E-state index in [4.69, 9.17) is 0 Å². The van der Waals surface area contributed by atoms with E-state index in [1.807, 2.05) is 37.3 Å². The summed E-state index contributed by atoms with van der Waals surface area (Å²) in [6.07, 6.45) is 1.86. The minimum Gasteiger partial charge on any atom is -0.508 e. The van der Waals surface area contributed by atoms with Crippen LogP contribution in [-0.4, -0.2) is 16.2 Å². The molecule has 1 saturated heterocycles. The summed E-state index contributed by atoms with van der Waals surface area (Å²) in [5.74, 6) is -0.0148. The van der Waals surface area contributed by atoms with Crippen LogP contribution in [0.4, 0.5) is 5.69 Å². The molecule has 5 heteroatoms. The van der Waals surface area contributed by atoms with E-state index >= 15 is 0 Å². The molecule has 2 N–H and O–H groups in total. The van der Waals surface area contributed by atoms with Crippen molar-refractivity contribution in [2.24, 2.45) is 4.99 Å². The number of phenols is 1. The second-order valence-corrected chi connectivity index (χ2v) is 5.89. The average Bonchev–Trinajstić information content (AvgIpc) is 2.81. The van der Waals surface area contributed by atoms with Gasteiger partial charge in [0.2, 0.25) is 0 Å². The fourth-order valence-electron chi connectivity index (χ4n) is 2.05. The number of amides is 1. The number of thioether (sulfide) groups is 1. The summed E-state index contributed by atoms with van der Waals surface area (Å²) in [4.78, 5) is 17.0. The molecule has 110 valence electrons. The molecule has 3 rings (SSSR count). The van der Waals surface area contributed by atoms with E-state index in [0.717, 1.165) is 11.1 Å². The quantitative estimate of drug-likeness (QED) is 0.833. The van der Waals surface area contributed by atoms with Crippen molar-refractivity contribution in [2.45, 2.75) is 6.92 Å². The van der Waals surface area contributed by atoms with Gasteiger partial charge in [0.05, 0.1) is 10.6 Å². The van der Waals surface area contributed by atoms with Crippen LogP contribution in [0.2, 0.25) is 0 Å². The fourth-order valence-corrected chi connectivity index (χ4v) is 2.88. The van der Waals surface area contributed by atoms with Crippen molar-refractivity contribution in [1.29, 1.82) is 0 Å². The first-order chi connectivity index (χ1) is 10.6. The number of aryl methyl sites for hydroxylation is 1. The average molecular weight is 310 g/mol. The number of aromatic hydroxyl groups is 1. The molecule has 4 nitrogen and oxygen atoms in total. The summed E-state index contributed by atoms with van der Waals surface area (Å²) in [5.41, 5.74) is 2.72. The molecular formula is C17H14N2O2S. The van der Waals surface area contributed by atoms with Gasteiger partial charge < -0.3 is 10.4 Å². The van der Waals surface area contributed by atoms with Crippen LogP contribution in [0, 0.1) is 6.92 Å². The molecule has 0 atom stereocenters. The third kappa shape index (κ3) is 3.20. The maximum Gasteiger partial charge on any atom is 0.264 e. The van der Waals surface area contributed by atoms with E-state index in [-0.39, 0.29) is 11.7 Å². The molecular weight excluding hydrogens is 296 g/mol. The Kier molecular flexibility index (Phi) is 3.98. The van der Waals surface area contributed by atoms with Crippen molar-refractivity contribution in [3.63, 3.8) is 0 Å². The smallest absolute Gasteiger partial charge is 0.264 e. The van der Waals surface area contributed by atoms with Gasteiger partial charge in [0.15, 0.2) is 5.17 Å². The molecule has 1 heterocycles. The van der Waals surface area contributed by atoms with Gasteiger partial charge in [-0.15, -0.1) is 0 Å². The van der Waals surface area contributed by atoms with Gasteiger partial charge in [0.25, 0.3) is 5.91 Å². The largest absolute Gasteiger partial charge is 0.508 e. The Bertz CT molecular complexity index is 797. The van der Waals surface area contributed by atoms with E-state index in [9.17, 15) is 9.90 Å². The van der Waals surface area contributed by atoms with E-state index in [1.54, 1.807) is 24.3 Å². The Morgan fingerprint density at radius 2 is 2.00 bits per heavy atom. The van der Waals surface area contributed by atoms with Crippen LogP contribution in [0.3, 0.4) is 0 Å². The summed E-state index contributed by atoms with van der Waals surface area (Å²) >= 11 is 1.29. The molecule has 2 aromatic rings. The summed E-state index contributed by atoms with van der Waals surface area (Å²) in [5, 5.41) is 12.7. The molecule has 0 bridgehead atoms. The second kappa shape index (κ2) is 6.07. The molecule has 0 unspecified atom stereocenters. The Morgan fingerprint density at radius 1 is 1.18 bits per heavy atom. The van der Waals surface area contributed by atoms with Crippen molar-refractivity contribution in [3.8, 4) is 5.75 Å². The maximum absolute atomic E-state index is 12.0. The number of carbonyl (C=O) groups is 1. The number of benzene rings is 2. The predicted octanol–water partition coefficient (Wildman–Crippen LogP) is 3.59. The number of amidine groups is 1. The van der Waals surface area contributed by atoms with E-state index in [2.05, 4.69) is 10.3 Å². The lowest BCUT2D eigenvalue weighted by Crippen LogP contribution is -2.19. The van der Waals surface area contributed by atoms with Gasteiger partial charge in [-0.3, -0.25) is 4.79 Å². The van der Waals surface area contributed by atoms with Crippen LogP contribution < -0.4 is 5.32 Å². The lowest BCUT2D eigenvalue weighted by atomic mass is 10.1. The normalized spacial score (nSPS) is 18.0. The SMILES string of the molecule is Cc1ccccc1/C=C1\SC(=Nc2cccc(O)c2)NC1=O. The highest BCUT2D eigenvalue weighted by Gasteiger charge is 2.23. The predicted molar refractivity (Wildman–Crippen MR) is 90.1 cm³/mol. The molecule has 0 aromatic heterocycles. The van der Waals surface area contributed by atoms with Gasteiger partial charge in [-0.1, -0.05) is 30.3 Å². The maximum atomic E-state index is 12.0. The van der Waals surface area contributed by atoms with Crippen molar-refractivity contribution < 1.29 is 9.90 Å². The van der Waals surface area contributed by atoms with Crippen molar-refractivity contribution in [2.75, 3.05) is 0 Å². The molecule has 0 aliphatic carbocycles. The molecule has 1 aliphatic heterocycles. The number of rotatable bonds is 2. The zero-order chi connectivity index (χ0) is 15.5. The van der Waals surface area contributed by atoms with Crippen molar-refractivity contribution >= 4 is 34.6 Å².